The molecule has 0 fully saturated rings. The standard InChI is InChI=1S/C30H37F3O10/c1-3-5-6-8-20-15-27(43-30(31,32)33)29(41-20)26-13-18-10-11-19(14-25(18)42-26)40-17-24(37)23(36)16-22(35)21(34)9-7-12-39-28(38)4-2/h4,10-11,13-15,21-24,34-37H,2-3,5-9,12,16-17H2,1H3. The fourth-order valence-electron chi connectivity index (χ4n) is 4.25. The molecule has 43 heavy (non-hydrogen) atoms. The van der Waals surface area contributed by atoms with Crippen molar-refractivity contribution in [2.45, 2.75) is 82.6 Å². The fraction of sp³-hybridized carbons (Fsp3) is 0.500. The molecule has 1 aromatic carbocycles. The Morgan fingerprint density at radius 2 is 1.74 bits per heavy atom. The van der Waals surface area contributed by atoms with Crippen molar-refractivity contribution in [1.82, 2.24) is 0 Å². The van der Waals surface area contributed by atoms with Crippen molar-refractivity contribution in [1.29, 1.82) is 0 Å². The molecule has 0 saturated heterocycles. The third-order valence-corrected chi connectivity index (χ3v) is 6.56. The van der Waals surface area contributed by atoms with Crippen molar-refractivity contribution in [3.63, 3.8) is 0 Å². The van der Waals surface area contributed by atoms with E-state index in [2.05, 4.69) is 11.3 Å². The lowest BCUT2D eigenvalue weighted by Gasteiger charge is -2.23. The molecule has 0 amide bonds. The van der Waals surface area contributed by atoms with Gasteiger partial charge < -0.3 is 43.5 Å². The molecule has 4 N–H and O–H groups in total. The molecule has 0 saturated carbocycles. The number of hydrogen-bond acceptors (Lipinski definition) is 10. The van der Waals surface area contributed by atoms with Crippen LogP contribution in [0, 0.1) is 0 Å². The van der Waals surface area contributed by atoms with E-state index in [0.717, 1.165) is 25.3 Å². The van der Waals surface area contributed by atoms with Crippen LogP contribution in [0.2, 0.25) is 0 Å². The summed E-state index contributed by atoms with van der Waals surface area (Å²) in [6.07, 6.45) is -6.30. The van der Waals surface area contributed by atoms with Crippen LogP contribution in [0.4, 0.5) is 13.2 Å². The second kappa shape index (κ2) is 15.8. The van der Waals surface area contributed by atoms with Crippen LogP contribution in [0.3, 0.4) is 0 Å². The second-order valence-electron chi connectivity index (χ2n) is 10.1. The molecule has 0 radical (unpaired) electrons. The number of unbranched alkanes of at least 4 members (excludes halogenated alkanes) is 2. The van der Waals surface area contributed by atoms with Crippen molar-refractivity contribution in [2.24, 2.45) is 0 Å². The first-order valence-electron chi connectivity index (χ1n) is 14.0. The Bertz CT molecular complexity index is 1320. The van der Waals surface area contributed by atoms with Crippen molar-refractivity contribution < 1.29 is 61.4 Å². The Kier molecular flexibility index (Phi) is 12.5. The molecule has 2 heterocycles. The third-order valence-electron chi connectivity index (χ3n) is 6.56. The van der Waals surface area contributed by atoms with E-state index in [-0.39, 0.29) is 55.3 Å². The molecule has 0 aliphatic heterocycles. The fourth-order valence-corrected chi connectivity index (χ4v) is 4.25. The molecule has 0 bridgehead atoms. The van der Waals surface area contributed by atoms with Crippen LogP contribution in [-0.4, -0.2) is 70.4 Å². The number of fused-ring (bicyclic) bond motifs is 1. The summed E-state index contributed by atoms with van der Waals surface area (Å²) >= 11 is 0. The third kappa shape index (κ3) is 10.6. The molecule has 0 aliphatic carbocycles. The highest BCUT2D eigenvalue weighted by molar-refractivity contribution is 5.84. The quantitative estimate of drug-likeness (QED) is 0.0871. The molecule has 10 nitrogen and oxygen atoms in total. The second-order valence-corrected chi connectivity index (χ2v) is 10.1. The van der Waals surface area contributed by atoms with Crippen molar-refractivity contribution >= 4 is 16.9 Å². The number of carbonyl (C=O) groups excluding carboxylic acids is 1. The lowest BCUT2D eigenvalue weighted by molar-refractivity contribution is -0.274. The summed E-state index contributed by atoms with van der Waals surface area (Å²) in [5.74, 6) is -0.703. The van der Waals surface area contributed by atoms with Gasteiger partial charge >= 0.3 is 12.3 Å². The Morgan fingerprint density at radius 3 is 2.44 bits per heavy atom. The number of alkyl halides is 3. The number of aliphatic hydroxyl groups excluding tert-OH is 4. The van der Waals surface area contributed by atoms with Gasteiger partial charge in [0.25, 0.3) is 0 Å². The molecule has 0 aliphatic rings. The molecular weight excluding hydrogens is 577 g/mol. The van der Waals surface area contributed by atoms with Gasteiger partial charge in [-0.15, -0.1) is 13.2 Å². The van der Waals surface area contributed by atoms with E-state index in [4.69, 9.17) is 18.3 Å². The summed E-state index contributed by atoms with van der Waals surface area (Å²) in [7, 11) is 0. The molecule has 3 aromatic rings. The first kappa shape index (κ1) is 34.0. The normalized spacial score (nSPS) is 14.7. The van der Waals surface area contributed by atoms with Gasteiger partial charge in [-0.25, -0.2) is 4.79 Å². The lowest BCUT2D eigenvalue weighted by atomic mass is 10.0. The summed E-state index contributed by atoms with van der Waals surface area (Å²) in [6, 6.07) is 7.33. The molecular formula is C30H37F3O10. The Morgan fingerprint density at radius 1 is 1.00 bits per heavy atom. The van der Waals surface area contributed by atoms with Gasteiger partial charge in [-0.05, 0) is 37.5 Å². The first-order valence-corrected chi connectivity index (χ1v) is 14.0. The zero-order chi connectivity index (χ0) is 31.6. The monoisotopic (exact) mass is 614 g/mol. The number of hydrogen-bond donors (Lipinski definition) is 4. The van der Waals surface area contributed by atoms with Gasteiger partial charge in [-0.2, -0.15) is 0 Å². The average Bonchev–Trinajstić information content (AvgIpc) is 3.55. The average molecular weight is 615 g/mol. The summed E-state index contributed by atoms with van der Waals surface area (Å²) in [5.41, 5.74) is 0.266. The minimum Gasteiger partial charge on any atom is -0.491 e. The number of ether oxygens (including phenoxy) is 3. The van der Waals surface area contributed by atoms with Gasteiger partial charge in [0.1, 0.15) is 29.8 Å². The number of carbonyl (C=O) groups is 1. The zero-order valence-corrected chi connectivity index (χ0v) is 23.7. The van der Waals surface area contributed by atoms with Gasteiger partial charge in [0.15, 0.2) is 11.5 Å². The van der Waals surface area contributed by atoms with E-state index in [1.807, 2.05) is 6.92 Å². The maximum Gasteiger partial charge on any atom is 0.573 e. The molecule has 0 spiro atoms. The first-order chi connectivity index (χ1) is 20.4. The van der Waals surface area contributed by atoms with E-state index in [1.165, 1.54) is 18.2 Å². The van der Waals surface area contributed by atoms with Crippen molar-refractivity contribution in [3.05, 3.63) is 48.7 Å². The van der Waals surface area contributed by atoms with Gasteiger partial charge in [-0.1, -0.05) is 26.3 Å². The van der Waals surface area contributed by atoms with E-state index in [0.29, 0.717) is 17.6 Å². The van der Waals surface area contributed by atoms with Crippen LogP contribution in [0.25, 0.3) is 22.5 Å². The Labute approximate surface area is 246 Å². The maximum absolute atomic E-state index is 13.0. The highest BCUT2D eigenvalue weighted by Crippen LogP contribution is 2.40. The van der Waals surface area contributed by atoms with E-state index < -0.39 is 42.5 Å². The highest BCUT2D eigenvalue weighted by atomic mass is 19.4. The van der Waals surface area contributed by atoms with Crippen LogP contribution in [0.15, 0.2) is 51.8 Å². The maximum atomic E-state index is 13.0. The summed E-state index contributed by atoms with van der Waals surface area (Å²) in [4.78, 5) is 11.0. The molecule has 4 atom stereocenters. The predicted octanol–water partition coefficient (Wildman–Crippen LogP) is 5.05. The number of aryl methyl sites for hydroxylation is 1. The summed E-state index contributed by atoms with van der Waals surface area (Å²) < 4.78 is 65.0. The predicted molar refractivity (Wildman–Crippen MR) is 148 cm³/mol. The van der Waals surface area contributed by atoms with E-state index >= 15 is 0 Å². The Balaban J connectivity index is 1.59. The van der Waals surface area contributed by atoms with E-state index in [9.17, 15) is 38.4 Å². The molecule has 3 rings (SSSR count). The zero-order valence-electron chi connectivity index (χ0n) is 23.7. The van der Waals surface area contributed by atoms with Crippen LogP contribution < -0.4 is 9.47 Å². The minimum absolute atomic E-state index is 0.0232. The largest absolute Gasteiger partial charge is 0.573 e. The van der Waals surface area contributed by atoms with Crippen molar-refractivity contribution in [2.75, 3.05) is 13.2 Å². The van der Waals surface area contributed by atoms with Gasteiger partial charge in [0.2, 0.25) is 5.76 Å². The van der Waals surface area contributed by atoms with E-state index in [1.54, 1.807) is 12.1 Å². The number of furan rings is 2. The Hall–Kier alpha value is -3.52. The molecule has 13 heteroatoms. The topological polar surface area (TPSA) is 152 Å². The number of rotatable bonds is 18. The van der Waals surface area contributed by atoms with Crippen LogP contribution in [0.1, 0.15) is 51.2 Å². The van der Waals surface area contributed by atoms with Crippen LogP contribution in [-0.2, 0) is 16.0 Å². The number of benzene rings is 1. The van der Waals surface area contributed by atoms with Gasteiger partial charge in [0, 0.05) is 36.4 Å². The number of aliphatic hydroxyl groups is 4. The summed E-state index contributed by atoms with van der Waals surface area (Å²) in [6.45, 7) is 4.93. The van der Waals surface area contributed by atoms with Gasteiger partial charge in [-0.3, -0.25) is 0 Å². The summed E-state index contributed by atoms with van der Waals surface area (Å²) in [5, 5.41) is 41.3. The smallest absolute Gasteiger partial charge is 0.491 e. The SMILES string of the molecule is C=CC(=O)OCCCC(O)C(O)CC(O)C(O)COc1ccc2cc(-c3oc(CCCCC)cc3OC(F)(F)F)oc2c1. The molecule has 238 valence electrons. The number of esters is 1. The molecule has 2 aromatic heterocycles. The minimum atomic E-state index is -4.92. The highest BCUT2D eigenvalue weighted by Gasteiger charge is 2.34. The number of halogens is 3. The molecule has 4 unspecified atom stereocenters. The van der Waals surface area contributed by atoms with Crippen molar-refractivity contribution in [3.8, 4) is 23.0 Å². The van der Waals surface area contributed by atoms with Crippen LogP contribution in [0.5, 0.6) is 11.5 Å². The lowest BCUT2D eigenvalue weighted by Crippen LogP contribution is -2.38. The van der Waals surface area contributed by atoms with Crippen LogP contribution >= 0.6 is 0 Å². The van der Waals surface area contributed by atoms with Gasteiger partial charge in [0.05, 0.1) is 24.9 Å².